The molecule has 0 heterocycles. The highest BCUT2D eigenvalue weighted by molar-refractivity contribution is 9.11. The Morgan fingerprint density at radius 2 is 1.86 bits per heavy atom. The summed E-state index contributed by atoms with van der Waals surface area (Å²) in [7, 11) is 0. The van der Waals surface area contributed by atoms with Crippen molar-refractivity contribution in [1.82, 2.24) is 5.32 Å². The lowest BCUT2D eigenvalue weighted by molar-refractivity contribution is -0.187. The lowest BCUT2D eigenvalue weighted by Gasteiger charge is -2.33. The van der Waals surface area contributed by atoms with Gasteiger partial charge >= 0.3 is 6.18 Å². The average Bonchev–Trinajstić information content (AvgIpc) is 2.41. The number of nitrogens with one attached hydrogen (secondary N) is 1. The zero-order valence-corrected chi connectivity index (χ0v) is 14.2. The van der Waals surface area contributed by atoms with Crippen molar-refractivity contribution in [2.45, 2.75) is 37.9 Å². The van der Waals surface area contributed by atoms with Crippen molar-refractivity contribution in [3.8, 4) is 0 Å². The van der Waals surface area contributed by atoms with Crippen LogP contribution in [0.25, 0.3) is 0 Å². The van der Waals surface area contributed by atoms with Gasteiger partial charge in [-0.15, -0.1) is 0 Å². The van der Waals surface area contributed by atoms with Crippen LogP contribution in [0.15, 0.2) is 27.1 Å². The van der Waals surface area contributed by atoms with Crippen LogP contribution in [-0.2, 0) is 0 Å². The number of benzene rings is 1. The maximum atomic E-state index is 13.0. The van der Waals surface area contributed by atoms with Crippen LogP contribution >= 0.6 is 31.9 Å². The molecule has 0 radical (unpaired) electrons. The number of rotatable bonds is 2. The van der Waals surface area contributed by atoms with E-state index >= 15 is 0 Å². The Morgan fingerprint density at radius 3 is 2.52 bits per heavy atom. The molecule has 0 aliphatic heterocycles. The minimum absolute atomic E-state index is 0.0775. The molecule has 1 aliphatic carbocycles. The third kappa shape index (κ3) is 4.22. The number of alkyl halides is 3. The molecule has 116 valence electrons. The number of carbonyl (C=O) groups is 1. The second-order valence-corrected chi connectivity index (χ2v) is 6.91. The van der Waals surface area contributed by atoms with Crippen molar-refractivity contribution in [3.63, 3.8) is 0 Å². The maximum Gasteiger partial charge on any atom is 0.393 e. The molecule has 2 atom stereocenters. The van der Waals surface area contributed by atoms with Crippen molar-refractivity contribution >= 4 is 37.8 Å². The molecule has 0 bridgehead atoms. The van der Waals surface area contributed by atoms with Gasteiger partial charge in [-0.25, -0.2) is 0 Å². The lowest BCUT2D eigenvalue weighted by Crippen LogP contribution is -2.47. The van der Waals surface area contributed by atoms with E-state index in [0.717, 1.165) is 0 Å². The molecular weight excluding hydrogens is 415 g/mol. The molecule has 0 spiro atoms. The van der Waals surface area contributed by atoms with E-state index in [2.05, 4.69) is 37.2 Å². The van der Waals surface area contributed by atoms with E-state index in [1.807, 2.05) is 0 Å². The van der Waals surface area contributed by atoms with Crippen LogP contribution < -0.4 is 5.32 Å². The minimum atomic E-state index is -4.27. The fourth-order valence-electron chi connectivity index (χ4n) is 2.61. The number of hydrogen-bond acceptors (Lipinski definition) is 1. The van der Waals surface area contributed by atoms with E-state index in [9.17, 15) is 18.0 Å². The van der Waals surface area contributed by atoms with Gasteiger partial charge in [0.15, 0.2) is 0 Å². The summed E-state index contributed by atoms with van der Waals surface area (Å²) in [6.45, 7) is 0. The Labute approximate surface area is 137 Å². The van der Waals surface area contributed by atoms with Gasteiger partial charge in [0.1, 0.15) is 0 Å². The fourth-order valence-corrected chi connectivity index (χ4v) is 3.40. The predicted octanol–water partition coefficient (Wildman–Crippen LogP) is 5.06. The molecule has 0 aromatic heterocycles. The van der Waals surface area contributed by atoms with Crippen molar-refractivity contribution in [2.75, 3.05) is 0 Å². The number of carbonyl (C=O) groups excluding carboxylic acids is 1. The molecule has 1 fully saturated rings. The standard InChI is InChI=1S/C14H14Br2F3NO/c15-8-5-6-11(16)9(7-8)13(21)20-12-4-2-1-3-10(12)14(17,18)19/h5-7,10,12H,1-4H2,(H,20,21). The van der Waals surface area contributed by atoms with Gasteiger partial charge in [0.05, 0.1) is 11.5 Å². The first-order valence-electron chi connectivity index (χ1n) is 6.61. The summed E-state index contributed by atoms with van der Waals surface area (Å²) < 4.78 is 40.3. The summed E-state index contributed by atoms with van der Waals surface area (Å²) in [6.07, 6.45) is -2.57. The van der Waals surface area contributed by atoms with Crippen LogP contribution in [0.1, 0.15) is 36.0 Å². The van der Waals surface area contributed by atoms with Gasteiger partial charge < -0.3 is 5.32 Å². The summed E-state index contributed by atoms with van der Waals surface area (Å²) in [5.74, 6) is -1.94. The van der Waals surface area contributed by atoms with Gasteiger partial charge in [-0.3, -0.25) is 4.79 Å². The molecule has 0 saturated heterocycles. The zero-order chi connectivity index (χ0) is 15.6. The van der Waals surface area contributed by atoms with Crippen molar-refractivity contribution in [2.24, 2.45) is 5.92 Å². The van der Waals surface area contributed by atoms with E-state index < -0.39 is 24.0 Å². The Morgan fingerprint density at radius 1 is 1.19 bits per heavy atom. The second-order valence-electron chi connectivity index (χ2n) is 5.14. The van der Waals surface area contributed by atoms with Crippen molar-refractivity contribution in [1.29, 1.82) is 0 Å². The van der Waals surface area contributed by atoms with Crippen LogP contribution in [0.5, 0.6) is 0 Å². The van der Waals surface area contributed by atoms with Crippen molar-refractivity contribution < 1.29 is 18.0 Å². The minimum Gasteiger partial charge on any atom is -0.349 e. The van der Waals surface area contributed by atoms with E-state index in [-0.39, 0.29) is 6.42 Å². The molecule has 1 N–H and O–H groups in total. The highest BCUT2D eigenvalue weighted by Gasteiger charge is 2.46. The molecule has 1 aliphatic rings. The van der Waals surface area contributed by atoms with E-state index in [0.29, 0.717) is 33.8 Å². The maximum absolute atomic E-state index is 13.0. The summed E-state index contributed by atoms with van der Waals surface area (Å²) in [6, 6.07) is 4.17. The van der Waals surface area contributed by atoms with Gasteiger partial charge in [-0.1, -0.05) is 28.8 Å². The molecule has 1 aromatic rings. The summed E-state index contributed by atoms with van der Waals surface area (Å²) in [5, 5.41) is 2.55. The fraction of sp³-hybridized carbons (Fsp3) is 0.500. The van der Waals surface area contributed by atoms with Gasteiger partial charge in [0.2, 0.25) is 0 Å². The highest BCUT2D eigenvalue weighted by Crippen LogP contribution is 2.38. The first-order chi connectivity index (χ1) is 9.79. The summed E-state index contributed by atoms with van der Waals surface area (Å²) in [4.78, 5) is 12.2. The van der Waals surface area contributed by atoms with Crippen molar-refractivity contribution in [3.05, 3.63) is 32.7 Å². The smallest absolute Gasteiger partial charge is 0.349 e. The molecule has 1 saturated carbocycles. The Balaban J connectivity index is 2.15. The first kappa shape index (κ1) is 16.8. The lowest BCUT2D eigenvalue weighted by atomic mass is 9.84. The quantitative estimate of drug-likeness (QED) is 0.700. The number of halogens is 5. The molecule has 21 heavy (non-hydrogen) atoms. The number of amides is 1. The zero-order valence-electron chi connectivity index (χ0n) is 11.0. The monoisotopic (exact) mass is 427 g/mol. The van der Waals surface area contributed by atoms with Crippen LogP contribution in [-0.4, -0.2) is 18.1 Å². The van der Waals surface area contributed by atoms with Crippen LogP contribution in [0.4, 0.5) is 13.2 Å². The topological polar surface area (TPSA) is 29.1 Å². The average molecular weight is 429 g/mol. The third-order valence-corrected chi connectivity index (χ3v) is 4.86. The predicted molar refractivity (Wildman–Crippen MR) is 81.1 cm³/mol. The van der Waals surface area contributed by atoms with Gasteiger partial charge in [0.25, 0.3) is 5.91 Å². The Bertz CT molecular complexity index is 533. The molecule has 7 heteroatoms. The largest absolute Gasteiger partial charge is 0.393 e. The molecule has 2 rings (SSSR count). The Kier molecular flexibility index (Phi) is 5.35. The highest BCUT2D eigenvalue weighted by atomic mass is 79.9. The Hall–Kier alpha value is -0.560. The summed E-state index contributed by atoms with van der Waals surface area (Å²) >= 11 is 6.50. The molecular formula is C14H14Br2F3NO. The normalized spacial score (nSPS) is 22.9. The molecule has 2 unspecified atom stereocenters. The van der Waals surface area contributed by atoms with E-state index in [1.165, 1.54) is 0 Å². The molecule has 2 nitrogen and oxygen atoms in total. The molecule has 1 aromatic carbocycles. The second kappa shape index (κ2) is 6.69. The van der Waals surface area contributed by atoms with Gasteiger partial charge in [-0.2, -0.15) is 13.2 Å². The third-order valence-electron chi connectivity index (χ3n) is 3.68. The number of hydrogen-bond donors (Lipinski definition) is 1. The summed E-state index contributed by atoms with van der Waals surface area (Å²) in [5.41, 5.74) is 0.330. The van der Waals surface area contributed by atoms with Crippen LogP contribution in [0.2, 0.25) is 0 Å². The van der Waals surface area contributed by atoms with Gasteiger partial charge in [0, 0.05) is 15.0 Å². The SMILES string of the molecule is O=C(NC1CCCCC1C(F)(F)F)c1cc(Br)ccc1Br. The van der Waals surface area contributed by atoms with Gasteiger partial charge in [-0.05, 0) is 47.0 Å². The molecule has 1 amide bonds. The van der Waals surface area contributed by atoms with Crippen LogP contribution in [0, 0.1) is 5.92 Å². The van der Waals surface area contributed by atoms with Crippen LogP contribution in [0.3, 0.4) is 0 Å². The van der Waals surface area contributed by atoms with E-state index in [4.69, 9.17) is 0 Å². The first-order valence-corrected chi connectivity index (χ1v) is 8.20. The van der Waals surface area contributed by atoms with E-state index in [1.54, 1.807) is 18.2 Å².